The van der Waals surface area contributed by atoms with Gasteiger partial charge in [0.15, 0.2) is 0 Å². The van der Waals surface area contributed by atoms with Crippen LogP contribution in [0.15, 0.2) is 64.0 Å². The van der Waals surface area contributed by atoms with Gasteiger partial charge in [-0.2, -0.15) is 0 Å². The molecule has 22 nitrogen and oxygen atoms in total. The van der Waals surface area contributed by atoms with Crippen LogP contribution in [0.5, 0.6) is 0 Å². The second kappa shape index (κ2) is 25.3. The Morgan fingerprint density at radius 2 is 1.37 bits per heavy atom. The molecule has 0 bridgehead atoms. The molecule has 7 aromatic heterocycles. The molecule has 8 N–H and O–H groups in total. The van der Waals surface area contributed by atoms with Crippen LogP contribution < -0.4 is 27.0 Å². The van der Waals surface area contributed by atoms with Crippen molar-refractivity contribution in [3.05, 3.63) is 111 Å². The van der Waals surface area contributed by atoms with Crippen molar-refractivity contribution in [3.8, 4) is 43.4 Å². The van der Waals surface area contributed by atoms with Crippen LogP contribution in [-0.4, -0.2) is 100 Å². The number of aryl methyl sites for hydroxylation is 3. The van der Waals surface area contributed by atoms with E-state index in [-0.39, 0.29) is 62.0 Å². The van der Waals surface area contributed by atoms with E-state index in [4.69, 9.17) is 35.5 Å². The lowest BCUT2D eigenvalue weighted by atomic mass is 9.99. The second-order valence-electron chi connectivity index (χ2n) is 16.4. The van der Waals surface area contributed by atoms with Crippen LogP contribution >= 0.6 is 68.0 Å². The van der Waals surface area contributed by atoms with E-state index in [0.717, 1.165) is 23.5 Å². The van der Waals surface area contributed by atoms with Crippen LogP contribution in [0.25, 0.3) is 43.4 Å². The number of methoxy groups -OCH3 is 1. The third-order valence-electron chi connectivity index (χ3n) is 10.8. The van der Waals surface area contributed by atoms with Gasteiger partial charge in [0.1, 0.15) is 65.0 Å². The Kier molecular flexibility index (Phi) is 18.2. The molecule has 76 heavy (non-hydrogen) atoms. The van der Waals surface area contributed by atoms with Gasteiger partial charge in [0.05, 0.1) is 54.2 Å². The van der Waals surface area contributed by atoms with Crippen LogP contribution in [-0.2, 0) is 56.5 Å². The predicted octanol–water partition coefficient (Wildman–Crippen LogP) is 6.70. The molecule has 28 heteroatoms. The van der Waals surface area contributed by atoms with Gasteiger partial charge in [0, 0.05) is 51.9 Å². The Morgan fingerprint density at radius 3 is 2.12 bits per heavy atom. The maximum Gasteiger partial charge on any atom is 0.307 e. The molecule has 0 aliphatic carbocycles. The number of benzene rings is 1. The number of carbonyl (C=O) groups excluding carboxylic acids is 5. The molecule has 0 saturated heterocycles. The van der Waals surface area contributed by atoms with Gasteiger partial charge in [-0.3, -0.25) is 33.6 Å². The first kappa shape index (κ1) is 54.7. The molecule has 5 amide bonds. The Balaban J connectivity index is 0.963. The molecule has 0 aliphatic rings. The minimum absolute atomic E-state index is 0.00135. The first-order valence-corrected chi connectivity index (χ1v) is 27.9. The number of hydrogen-bond donors (Lipinski definition) is 7. The highest BCUT2D eigenvalue weighted by Gasteiger charge is 2.25. The van der Waals surface area contributed by atoms with Gasteiger partial charge in [-0.15, -0.1) is 68.0 Å². The van der Waals surface area contributed by atoms with Crippen molar-refractivity contribution in [2.45, 2.75) is 58.7 Å². The van der Waals surface area contributed by atoms with Crippen molar-refractivity contribution in [1.82, 2.24) is 50.8 Å². The largest absolute Gasteiger partial charge is 0.481 e. The molecule has 0 saturated carbocycles. The van der Waals surface area contributed by atoms with Crippen LogP contribution in [0.3, 0.4) is 0 Å². The molecule has 392 valence electrons. The van der Waals surface area contributed by atoms with Crippen molar-refractivity contribution in [3.63, 3.8) is 0 Å². The molecular weight excluding hydrogens is 1100 g/mol. The number of ether oxygens (including phenoxy) is 1. The number of carboxylic acids is 2. The fourth-order valence-electron chi connectivity index (χ4n) is 7.21. The highest BCUT2D eigenvalue weighted by atomic mass is 32.1. The molecule has 1 aromatic carbocycles. The third-order valence-corrected chi connectivity index (χ3v) is 16.4. The van der Waals surface area contributed by atoms with Gasteiger partial charge in [0.2, 0.25) is 11.8 Å². The van der Waals surface area contributed by atoms with E-state index in [1.54, 1.807) is 41.2 Å². The number of carbonyl (C=O) groups is 7. The fourth-order valence-corrected chi connectivity index (χ4v) is 12.2. The highest BCUT2D eigenvalue weighted by molar-refractivity contribution is 7.15. The van der Waals surface area contributed by atoms with Crippen LogP contribution in [0.4, 0.5) is 5.82 Å². The second-order valence-corrected chi connectivity index (χ2v) is 22.4. The maximum absolute atomic E-state index is 13.6. The number of nitrogens with one attached hydrogen (secondary N) is 4. The summed E-state index contributed by atoms with van der Waals surface area (Å²) in [5, 5.41) is 39.6. The maximum atomic E-state index is 13.6. The van der Waals surface area contributed by atoms with Gasteiger partial charge in [0.25, 0.3) is 17.7 Å². The third kappa shape index (κ3) is 14.2. The lowest BCUT2D eigenvalue weighted by Gasteiger charge is -2.09. The number of primary amides is 1. The molecule has 7 heterocycles. The van der Waals surface area contributed by atoms with Crippen molar-refractivity contribution in [2.24, 2.45) is 11.7 Å². The SMILES string of the molecule is COCc1sc(CNC(=O)c2nc(CNC(=O)c3csc(-c4ccc(-c5nc(NC(=O)CC[C@@H](CC(=O)O)C(=O)O)cs5)nc4-c4csc(-c5csc(CCc6ccccc6)n5)n4)n3)sc2C)nc1C(=O)NCC(N)=O. The minimum Gasteiger partial charge on any atom is -0.481 e. The van der Waals surface area contributed by atoms with E-state index in [9.17, 15) is 38.7 Å². The average molecular weight is 1140 g/mol. The quantitative estimate of drug-likeness (QED) is 0.0313. The number of anilines is 1. The van der Waals surface area contributed by atoms with Crippen molar-refractivity contribution < 1.29 is 48.5 Å². The molecule has 0 fully saturated rings. The number of hydrogen-bond acceptors (Lipinski definition) is 21. The molecule has 8 rings (SSSR count). The first-order chi connectivity index (χ1) is 36.6. The minimum atomic E-state index is -1.30. The van der Waals surface area contributed by atoms with E-state index in [2.05, 4.69) is 48.4 Å². The smallest absolute Gasteiger partial charge is 0.307 e. The molecule has 0 spiro atoms. The van der Waals surface area contributed by atoms with Crippen molar-refractivity contribution in [2.75, 3.05) is 19.0 Å². The van der Waals surface area contributed by atoms with E-state index in [1.165, 1.54) is 69.4 Å². The average Bonchev–Trinajstić information content (AvgIpc) is 4.29. The molecule has 0 unspecified atom stereocenters. The number of aliphatic carboxylic acids is 2. The first-order valence-electron chi connectivity index (χ1n) is 22.8. The summed E-state index contributed by atoms with van der Waals surface area (Å²) in [5.74, 6) is -6.40. The van der Waals surface area contributed by atoms with Gasteiger partial charge in [-0.25, -0.2) is 34.9 Å². The molecular formula is C48H44N12O10S6. The summed E-state index contributed by atoms with van der Waals surface area (Å²) in [5.41, 5.74) is 9.42. The summed E-state index contributed by atoms with van der Waals surface area (Å²) >= 11 is 7.80. The summed E-state index contributed by atoms with van der Waals surface area (Å²) in [7, 11) is 1.46. The van der Waals surface area contributed by atoms with Crippen LogP contribution in [0, 0.1) is 12.8 Å². The number of nitrogens with two attached hydrogens (primary N) is 1. The number of amides is 5. The summed E-state index contributed by atoms with van der Waals surface area (Å²) < 4.78 is 5.19. The summed E-state index contributed by atoms with van der Waals surface area (Å²) in [6, 6.07) is 13.7. The van der Waals surface area contributed by atoms with Crippen LogP contribution in [0.2, 0.25) is 0 Å². The van der Waals surface area contributed by atoms with Gasteiger partial charge in [-0.1, -0.05) is 30.3 Å². The fraction of sp³-hybridized carbons (Fsp3) is 0.250. The van der Waals surface area contributed by atoms with Crippen LogP contribution in [0.1, 0.15) is 81.1 Å². The Morgan fingerprint density at radius 1 is 0.671 bits per heavy atom. The number of nitrogens with zero attached hydrogens (tertiary/aromatic N) is 7. The normalized spacial score (nSPS) is 11.5. The van der Waals surface area contributed by atoms with Crippen molar-refractivity contribution in [1.29, 1.82) is 0 Å². The number of thiazole rings is 6. The predicted molar refractivity (Wildman–Crippen MR) is 287 cm³/mol. The zero-order valence-electron chi connectivity index (χ0n) is 40.1. The topological polar surface area (TPSA) is 334 Å². The molecule has 0 aliphatic heterocycles. The molecule has 1 atom stereocenters. The van der Waals surface area contributed by atoms with Gasteiger partial charge in [-0.05, 0) is 37.5 Å². The zero-order chi connectivity index (χ0) is 53.9. The summed E-state index contributed by atoms with van der Waals surface area (Å²) in [6.07, 6.45) is 0.614. The lowest BCUT2D eigenvalue weighted by molar-refractivity contribution is -0.148. The standard InChI is InChI=1S/C48H44N12O10S6/c1-23-39(43(66)52-17-37-60-41(31(76-37)18-70-2)44(67)50-15-32(49)61)59-36(75-23)16-51-42(65)29-20-72-45(56-29)26-10-11-27(46-58-33(22-74-46)57-34(62)12-9-25(48(68)69)14-38(63)64)54-40(26)28-19-73-47(55-28)30-21-71-35(53-30)13-8-24-6-4-3-5-7-24/h3-7,10-11,19-22,25H,8-9,12-18H2,1-2H3,(H2,49,61)(H,50,67)(H,51,65)(H,52,66)(H,57,62)(H,63,64)(H,68,69)/t25-/m0/s1. The molecule has 8 aromatic rings. The number of carboxylic acid groups (broad SMARTS) is 2. The van der Waals surface area contributed by atoms with E-state index in [0.29, 0.717) is 57.4 Å². The van der Waals surface area contributed by atoms with E-state index in [1.807, 2.05) is 29.0 Å². The highest BCUT2D eigenvalue weighted by Crippen LogP contribution is 2.38. The number of pyridine rings is 1. The van der Waals surface area contributed by atoms with Gasteiger partial charge < -0.3 is 42.0 Å². The molecule has 0 radical (unpaired) electrons. The van der Waals surface area contributed by atoms with Gasteiger partial charge >= 0.3 is 11.9 Å². The zero-order valence-corrected chi connectivity index (χ0v) is 45.0. The van der Waals surface area contributed by atoms with E-state index >= 15 is 0 Å². The number of aromatic nitrogens is 7. The monoisotopic (exact) mass is 1140 g/mol. The Labute approximate surface area is 456 Å². The Hall–Kier alpha value is -7.60. The number of rotatable bonds is 25. The summed E-state index contributed by atoms with van der Waals surface area (Å²) in [6.45, 7) is 1.43. The van der Waals surface area contributed by atoms with Crippen molar-refractivity contribution >= 4 is 115 Å². The Bertz CT molecular complexity index is 3440. The summed E-state index contributed by atoms with van der Waals surface area (Å²) in [4.78, 5) is 120. The lowest BCUT2D eigenvalue weighted by Crippen LogP contribution is -2.34. The van der Waals surface area contributed by atoms with E-state index < -0.39 is 53.8 Å².